The Labute approximate surface area is 97.5 Å². The number of oxazole rings is 1. The van der Waals surface area contributed by atoms with E-state index in [1.165, 1.54) is 18.3 Å². The van der Waals surface area contributed by atoms with Crippen LogP contribution in [0.15, 0.2) is 22.7 Å². The van der Waals surface area contributed by atoms with Gasteiger partial charge in [-0.05, 0) is 25.6 Å². The molecule has 1 N–H and O–H groups in total. The first-order valence-electron chi connectivity index (χ1n) is 5.17. The van der Waals surface area contributed by atoms with Gasteiger partial charge in [-0.25, -0.2) is 13.8 Å². The molecule has 90 valence electrons. The van der Waals surface area contributed by atoms with Crippen LogP contribution in [0.4, 0.5) is 8.78 Å². The Morgan fingerprint density at radius 3 is 2.82 bits per heavy atom. The van der Waals surface area contributed by atoms with Gasteiger partial charge in [0.1, 0.15) is 11.6 Å². The van der Waals surface area contributed by atoms with Crippen molar-refractivity contribution in [2.24, 2.45) is 0 Å². The Kier molecular flexibility index (Phi) is 3.19. The molecule has 0 aliphatic rings. The van der Waals surface area contributed by atoms with Gasteiger partial charge in [0.2, 0.25) is 5.89 Å². The van der Waals surface area contributed by atoms with Crippen LogP contribution in [0.25, 0.3) is 11.3 Å². The van der Waals surface area contributed by atoms with E-state index < -0.39 is 11.6 Å². The van der Waals surface area contributed by atoms with Crippen molar-refractivity contribution in [2.45, 2.75) is 13.5 Å². The Morgan fingerprint density at radius 2 is 2.12 bits per heavy atom. The summed E-state index contributed by atoms with van der Waals surface area (Å²) >= 11 is 0. The van der Waals surface area contributed by atoms with Crippen molar-refractivity contribution >= 4 is 0 Å². The zero-order valence-electron chi connectivity index (χ0n) is 9.55. The molecule has 0 fully saturated rings. The van der Waals surface area contributed by atoms with E-state index in [1.54, 1.807) is 14.0 Å². The molecule has 0 unspecified atom stereocenters. The number of aromatic nitrogens is 1. The molecule has 0 saturated carbocycles. The average molecular weight is 238 g/mol. The van der Waals surface area contributed by atoms with Gasteiger partial charge >= 0.3 is 0 Å². The lowest BCUT2D eigenvalue weighted by Crippen LogP contribution is -2.04. The van der Waals surface area contributed by atoms with Gasteiger partial charge < -0.3 is 9.73 Å². The third-order valence-corrected chi connectivity index (χ3v) is 2.41. The number of rotatable bonds is 3. The molecule has 5 heteroatoms. The number of aryl methyl sites for hydroxylation is 1. The van der Waals surface area contributed by atoms with E-state index in [1.807, 2.05) is 0 Å². The van der Waals surface area contributed by atoms with Crippen LogP contribution in [0.3, 0.4) is 0 Å². The first-order valence-corrected chi connectivity index (χ1v) is 5.17. The molecule has 0 saturated heterocycles. The molecule has 0 spiro atoms. The molecule has 3 nitrogen and oxygen atoms in total. The van der Waals surface area contributed by atoms with Gasteiger partial charge in [-0.3, -0.25) is 0 Å². The topological polar surface area (TPSA) is 38.1 Å². The van der Waals surface area contributed by atoms with Crippen molar-refractivity contribution in [3.8, 4) is 11.3 Å². The maximum absolute atomic E-state index is 13.8. The van der Waals surface area contributed by atoms with Crippen LogP contribution in [0.5, 0.6) is 0 Å². The summed E-state index contributed by atoms with van der Waals surface area (Å²) in [7, 11) is 1.73. The maximum Gasteiger partial charge on any atom is 0.208 e. The molecule has 0 aliphatic carbocycles. The van der Waals surface area contributed by atoms with E-state index in [9.17, 15) is 8.78 Å². The summed E-state index contributed by atoms with van der Waals surface area (Å²) in [5.41, 5.74) is 0.202. The van der Waals surface area contributed by atoms with Crippen molar-refractivity contribution in [1.82, 2.24) is 10.3 Å². The summed E-state index contributed by atoms with van der Waals surface area (Å²) in [5.74, 6) is -0.769. The third kappa shape index (κ3) is 2.19. The molecule has 1 heterocycles. The van der Waals surface area contributed by atoms with E-state index in [0.29, 0.717) is 18.0 Å². The van der Waals surface area contributed by atoms with Gasteiger partial charge in [0.05, 0.1) is 18.3 Å². The molecule has 2 rings (SSSR count). The third-order valence-electron chi connectivity index (χ3n) is 2.41. The van der Waals surface area contributed by atoms with Gasteiger partial charge in [-0.1, -0.05) is 6.07 Å². The second-order valence-electron chi connectivity index (χ2n) is 3.70. The monoisotopic (exact) mass is 238 g/mol. The molecule has 0 bridgehead atoms. The van der Waals surface area contributed by atoms with E-state index in [-0.39, 0.29) is 11.3 Å². The second kappa shape index (κ2) is 4.63. The highest BCUT2D eigenvalue weighted by molar-refractivity contribution is 5.59. The zero-order chi connectivity index (χ0) is 12.4. The average Bonchev–Trinajstić information content (AvgIpc) is 2.73. The smallest absolute Gasteiger partial charge is 0.208 e. The summed E-state index contributed by atoms with van der Waals surface area (Å²) in [6.45, 7) is 1.98. The molecule has 1 aromatic carbocycles. The fourth-order valence-corrected chi connectivity index (χ4v) is 1.54. The summed E-state index contributed by atoms with van der Waals surface area (Å²) in [6.07, 6.45) is 1.33. The van der Waals surface area contributed by atoms with Crippen molar-refractivity contribution in [2.75, 3.05) is 7.05 Å². The SMILES string of the molecule is CNCc1ncc(-c2c(F)ccc(C)c2F)o1. The largest absolute Gasteiger partial charge is 0.439 e. The molecule has 1 aromatic heterocycles. The lowest BCUT2D eigenvalue weighted by molar-refractivity contribution is 0.482. The van der Waals surface area contributed by atoms with E-state index in [0.717, 1.165) is 0 Å². The molecule has 0 radical (unpaired) electrons. The highest BCUT2D eigenvalue weighted by Gasteiger charge is 2.17. The highest BCUT2D eigenvalue weighted by atomic mass is 19.1. The van der Waals surface area contributed by atoms with Gasteiger partial charge in [0, 0.05) is 0 Å². The molecule has 0 amide bonds. The maximum atomic E-state index is 13.8. The predicted octanol–water partition coefficient (Wildman–Crippen LogP) is 2.65. The normalized spacial score (nSPS) is 10.8. The first-order chi connectivity index (χ1) is 8.13. The Morgan fingerprint density at radius 1 is 1.35 bits per heavy atom. The van der Waals surface area contributed by atoms with Crippen molar-refractivity contribution < 1.29 is 13.2 Å². The van der Waals surface area contributed by atoms with Gasteiger partial charge in [-0.2, -0.15) is 0 Å². The molecule has 2 aromatic rings. The molecule has 0 aliphatic heterocycles. The summed E-state index contributed by atoms with van der Waals surface area (Å²) in [5, 5.41) is 2.85. The standard InChI is InChI=1S/C12H12F2N2O/c1-7-3-4-8(13)11(12(7)14)9-5-16-10(17-9)6-15-2/h3-5,15H,6H2,1-2H3. The Bertz CT molecular complexity index is 537. The van der Waals surface area contributed by atoms with E-state index >= 15 is 0 Å². The minimum atomic E-state index is -0.653. The number of hydrogen-bond acceptors (Lipinski definition) is 3. The number of hydrogen-bond donors (Lipinski definition) is 1. The number of nitrogens with one attached hydrogen (secondary N) is 1. The Hall–Kier alpha value is -1.75. The van der Waals surface area contributed by atoms with Crippen LogP contribution >= 0.6 is 0 Å². The van der Waals surface area contributed by atoms with Gasteiger partial charge in [-0.15, -0.1) is 0 Å². The van der Waals surface area contributed by atoms with Crippen LogP contribution in [0.2, 0.25) is 0 Å². The van der Waals surface area contributed by atoms with Crippen molar-refractivity contribution in [3.63, 3.8) is 0 Å². The summed E-state index contributed by atoms with van der Waals surface area (Å²) < 4.78 is 32.6. The van der Waals surface area contributed by atoms with Crippen molar-refractivity contribution in [3.05, 3.63) is 41.4 Å². The Balaban J connectivity index is 2.48. The predicted molar refractivity (Wildman–Crippen MR) is 59.4 cm³/mol. The fraction of sp³-hybridized carbons (Fsp3) is 0.250. The van der Waals surface area contributed by atoms with Gasteiger partial charge in [0.25, 0.3) is 0 Å². The van der Waals surface area contributed by atoms with E-state index in [4.69, 9.17) is 4.42 Å². The fourth-order valence-electron chi connectivity index (χ4n) is 1.54. The zero-order valence-corrected chi connectivity index (χ0v) is 9.55. The van der Waals surface area contributed by atoms with Crippen LogP contribution in [-0.2, 0) is 6.54 Å². The van der Waals surface area contributed by atoms with Crippen LogP contribution in [-0.4, -0.2) is 12.0 Å². The van der Waals surface area contributed by atoms with Crippen LogP contribution in [0.1, 0.15) is 11.5 Å². The molecule has 0 atom stereocenters. The summed E-state index contributed by atoms with van der Waals surface area (Å²) in [4.78, 5) is 3.93. The van der Waals surface area contributed by atoms with Gasteiger partial charge in [0.15, 0.2) is 5.76 Å². The quantitative estimate of drug-likeness (QED) is 0.893. The van der Waals surface area contributed by atoms with Crippen LogP contribution < -0.4 is 5.32 Å². The highest BCUT2D eigenvalue weighted by Crippen LogP contribution is 2.28. The lowest BCUT2D eigenvalue weighted by atomic mass is 10.1. The van der Waals surface area contributed by atoms with Crippen LogP contribution in [0, 0.1) is 18.6 Å². The first kappa shape index (κ1) is 11.7. The number of nitrogens with zero attached hydrogens (tertiary/aromatic N) is 1. The number of halogens is 2. The molecular weight excluding hydrogens is 226 g/mol. The molecular formula is C12H12F2N2O. The second-order valence-corrected chi connectivity index (χ2v) is 3.70. The lowest BCUT2D eigenvalue weighted by Gasteiger charge is -2.03. The van der Waals surface area contributed by atoms with E-state index in [2.05, 4.69) is 10.3 Å². The number of benzene rings is 1. The molecule has 17 heavy (non-hydrogen) atoms. The minimum Gasteiger partial charge on any atom is -0.439 e. The summed E-state index contributed by atoms with van der Waals surface area (Å²) in [6, 6.07) is 2.60. The van der Waals surface area contributed by atoms with Crippen molar-refractivity contribution in [1.29, 1.82) is 0 Å². The minimum absolute atomic E-state index is 0.106.